The third-order valence-corrected chi connectivity index (χ3v) is 6.02. The first kappa shape index (κ1) is 24.8. The third-order valence-electron chi connectivity index (χ3n) is 4.84. The molecule has 1 N–H and O–H groups in total. The van der Waals surface area contributed by atoms with Crippen LogP contribution in [0, 0.1) is 10.1 Å². The van der Waals surface area contributed by atoms with Gasteiger partial charge in [0.1, 0.15) is 0 Å². The van der Waals surface area contributed by atoms with Gasteiger partial charge in [0.15, 0.2) is 11.0 Å². The van der Waals surface area contributed by atoms with Crippen molar-refractivity contribution in [3.8, 4) is 17.1 Å². The largest absolute Gasteiger partial charge is 0.276 e. The van der Waals surface area contributed by atoms with Crippen LogP contribution in [0.5, 0.6) is 0 Å². The van der Waals surface area contributed by atoms with Crippen molar-refractivity contribution in [3.05, 3.63) is 106 Å². The van der Waals surface area contributed by atoms with Crippen LogP contribution in [0.2, 0.25) is 5.02 Å². The van der Waals surface area contributed by atoms with Gasteiger partial charge >= 0.3 is 0 Å². The zero-order valence-electron chi connectivity index (χ0n) is 18.7. The first-order valence-electron chi connectivity index (χ1n) is 10.6. The highest BCUT2D eigenvalue weighted by molar-refractivity contribution is 7.99. The van der Waals surface area contributed by atoms with E-state index in [0.717, 1.165) is 11.3 Å². The Balaban J connectivity index is 1.42. The van der Waals surface area contributed by atoms with Gasteiger partial charge in [-0.25, -0.2) is 5.43 Å². The maximum atomic E-state index is 12.3. The second kappa shape index (κ2) is 11.9. The van der Waals surface area contributed by atoms with Crippen molar-refractivity contribution in [1.29, 1.82) is 0 Å². The van der Waals surface area contributed by atoms with Gasteiger partial charge in [-0.3, -0.25) is 19.5 Å². The number of nitro groups is 1. The fraction of sp³-hybridized carbons (Fsp3) is 0.0400. The van der Waals surface area contributed by atoms with Gasteiger partial charge in [0, 0.05) is 28.6 Å². The minimum Gasteiger partial charge on any atom is -0.272 e. The lowest BCUT2D eigenvalue weighted by atomic mass is 10.2. The molecule has 180 valence electrons. The molecule has 4 rings (SSSR count). The Kier molecular flexibility index (Phi) is 8.22. The fourth-order valence-corrected chi connectivity index (χ4v) is 4.09. The van der Waals surface area contributed by atoms with Gasteiger partial charge in [-0.1, -0.05) is 65.8 Å². The predicted octanol–water partition coefficient (Wildman–Crippen LogP) is 5.40. The zero-order valence-corrected chi connectivity index (χ0v) is 20.3. The molecule has 0 bridgehead atoms. The number of thioether (sulfide) groups is 1. The van der Waals surface area contributed by atoms with Crippen molar-refractivity contribution < 1.29 is 9.72 Å². The van der Waals surface area contributed by atoms with E-state index in [9.17, 15) is 14.9 Å². The molecule has 9 nitrogen and oxygen atoms in total. The van der Waals surface area contributed by atoms with E-state index in [1.54, 1.807) is 36.4 Å². The summed E-state index contributed by atoms with van der Waals surface area (Å²) in [6, 6.07) is 23.2. The highest BCUT2D eigenvalue weighted by atomic mass is 35.5. The lowest BCUT2D eigenvalue weighted by molar-refractivity contribution is -0.385. The van der Waals surface area contributed by atoms with Crippen LogP contribution < -0.4 is 5.43 Å². The molecule has 0 radical (unpaired) electrons. The molecule has 3 aromatic carbocycles. The van der Waals surface area contributed by atoms with Crippen molar-refractivity contribution in [3.63, 3.8) is 0 Å². The number of nitro benzene ring substituents is 1. The van der Waals surface area contributed by atoms with Gasteiger partial charge in [-0.2, -0.15) is 5.10 Å². The maximum absolute atomic E-state index is 12.3. The quantitative estimate of drug-likeness (QED) is 0.137. The van der Waals surface area contributed by atoms with Crippen LogP contribution in [-0.4, -0.2) is 37.6 Å². The van der Waals surface area contributed by atoms with Gasteiger partial charge in [-0.15, -0.1) is 10.2 Å². The summed E-state index contributed by atoms with van der Waals surface area (Å²) in [5.74, 6) is 0.340. The normalized spacial score (nSPS) is 11.2. The fourth-order valence-electron chi connectivity index (χ4n) is 3.22. The van der Waals surface area contributed by atoms with Crippen molar-refractivity contribution in [2.24, 2.45) is 5.10 Å². The number of carbonyl (C=O) groups is 1. The SMILES string of the molecule is O=C(CSc1nnc(-c2ccccc2)n1-c1ccc(Cl)cc1)N/N=C\C=C\c1ccccc1[N+](=O)[O-]. The summed E-state index contributed by atoms with van der Waals surface area (Å²) in [5, 5.41) is 24.7. The van der Waals surface area contributed by atoms with Crippen LogP contribution in [0.25, 0.3) is 23.2 Å². The molecule has 0 aliphatic heterocycles. The number of amides is 1. The van der Waals surface area contributed by atoms with E-state index >= 15 is 0 Å². The van der Waals surface area contributed by atoms with E-state index in [-0.39, 0.29) is 17.3 Å². The summed E-state index contributed by atoms with van der Waals surface area (Å²) in [6.45, 7) is 0. The Labute approximate surface area is 215 Å². The van der Waals surface area contributed by atoms with Crippen LogP contribution in [0.4, 0.5) is 5.69 Å². The monoisotopic (exact) mass is 518 g/mol. The Morgan fingerprint density at radius 1 is 1.06 bits per heavy atom. The third kappa shape index (κ3) is 6.23. The number of carbonyl (C=O) groups excluding carboxylic acids is 1. The molecule has 1 aromatic heterocycles. The molecule has 1 heterocycles. The maximum Gasteiger partial charge on any atom is 0.276 e. The molecule has 0 aliphatic carbocycles. The molecule has 1 amide bonds. The molecule has 36 heavy (non-hydrogen) atoms. The zero-order chi connectivity index (χ0) is 25.3. The van der Waals surface area contributed by atoms with Gasteiger partial charge in [0.05, 0.1) is 16.2 Å². The average Bonchev–Trinajstić information content (AvgIpc) is 3.32. The average molecular weight is 519 g/mol. The van der Waals surface area contributed by atoms with Crippen molar-refractivity contribution in [2.75, 3.05) is 5.75 Å². The number of rotatable bonds is 9. The topological polar surface area (TPSA) is 115 Å². The number of hydrogen-bond donors (Lipinski definition) is 1. The summed E-state index contributed by atoms with van der Waals surface area (Å²) in [4.78, 5) is 22.9. The summed E-state index contributed by atoms with van der Waals surface area (Å²) in [7, 11) is 0. The van der Waals surface area contributed by atoms with Crippen molar-refractivity contribution >= 4 is 47.2 Å². The molecule has 0 fully saturated rings. The summed E-state index contributed by atoms with van der Waals surface area (Å²) < 4.78 is 1.86. The molecular formula is C25H19ClN6O3S. The van der Waals surface area contributed by atoms with Crippen LogP contribution in [0.15, 0.2) is 95.2 Å². The molecule has 0 atom stereocenters. The molecule has 11 heteroatoms. The molecular weight excluding hydrogens is 500 g/mol. The van der Waals surface area contributed by atoms with Crippen molar-refractivity contribution in [2.45, 2.75) is 5.16 Å². The number of hydrazone groups is 1. The second-order valence-corrected chi connectivity index (χ2v) is 8.64. The highest BCUT2D eigenvalue weighted by Crippen LogP contribution is 2.28. The summed E-state index contributed by atoms with van der Waals surface area (Å²) in [5.41, 5.74) is 4.55. The number of allylic oxidation sites excluding steroid dienone is 1. The summed E-state index contributed by atoms with van der Waals surface area (Å²) >= 11 is 7.27. The Hall–Kier alpha value is -4.28. The van der Waals surface area contributed by atoms with E-state index in [1.165, 1.54) is 30.1 Å². The van der Waals surface area contributed by atoms with Gasteiger partial charge < -0.3 is 0 Å². The number of halogens is 1. The standard InChI is InChI=1S/C25H19ClN6O3S/c26-20-12-14-21(15-13-20)31-24(19-8-2-1-3-9-19)29-30-25(31)36-17-23(33)28-27-16-6-10-18-7-4-5-11-22(18)32(34)35/h1-16H,17H2,(H,28,33)/b10-6+,27-16-. The Morgan fingerprint density at radius 2 is 1.78 bits per heavy atom. The number of hydrogen-bond acceptors (Lipinski definition) is 7. The number of nitrogens with one attached hydrogen (secondary N) is 1. The predicted molar refractivity (Wildman–Crippen MR) is 141 cm³/mol. The molecule has 0 aliphatic rings. The molecule has 0 spiro atoms. The lowest BCUT2D eigenvalue weighted by Crippen LogP contribution is -2.19. The Bertz CT molecular complexity index is 1420. The first-order chi connectivity index (χ1) is 17.5. The van der Waals surface area contributed by atoms with E-state index < -0.39 is 4.92 Å². The first-order valence-corrected chi connectivity index (χ1v) is 12.0. The highest BCUT2D eigenvalue weighted by Gasteiger charge is 2.17. The van der Waals surface area contributed by atoms with Gasteiger partial charge in [0.2, 0.25) is 0 Å². The Morgan fingerprint density at radius 3 is 2.53 bits per heavy atom. The van der Waals surface area contributed by atoms with Crippen LogP contribution in [0.1, 0.15) is 5.56 Å². The minimum absolute atomic E-state index is 0.0118. The molecule has 0 unspecified atom stereocenters. The van der Waals surface area contributed by atoms with Crippen LogP contribution in [0.3, 0.4) is 0 Å². The van der Waals surface area contributed by atoms with E-state index in [1.807, 2.05) is 47.0 Å². The second-order valence-electron chi connectivity index (χ2n) is 7.26. The van der Waals surface area contributed by atoms with E-state index in [0.29, 0.717) is 21.6 Å². The molecule has 0 saturated carbocycles. The number of nitrogens with zero attached hydrogens (tertiary/aromatic N) is 5. The van der Waals surface area contributed by atoms with Crippen LogP contribution in [-0.2, 0) is 4.79 Å². The van der Waals surface area contributed by atoms with Crippen molar-refractivity contribution in [1.82, 2.24) is 20.2 Å². The lowest BCUT2D eigenvalue weighted by Gasteiger charge is -2.10. The van der Waals surface area contributed by atoms with E-state index in [2.05, 4.69) is 20.7 Å². The van der Waals surface area contributed by atoms with Crippen LogP contribution >= 0.6 is 23.4 Å². The van der Waals surface area contributed by atoms with Gasteiger partial charge in [-0.05, 0) is 42.5 Å². The number of aromatic nitrogens is 3. The van der Waals surface area contributed by atoms with Gasteiger partial charge in [0.25, 0.3) is 11.6 Å². The molecule has 4 aromatic rings. The molecule has 0 saturated heterocycles. The smallest absolute Gasteiger partial charge is 0.272 e. The number of para-hydroxylation sites is 1. The number of benzene rings is 3. The minimum atomic E-state index is -0.457. The van der Waals surface area contributed by atoms with E-state index in [4.69, 9.17) is 11.6 Å². The summed E-state index contributed by atoms with van der Waals surface area (Å²) in [6.07, 6.45) is 4.41.